The van der Waals surface area contributed by atoms with Crippen molar-refractivity contribution in [3.05, 3.63) is 170 Å². The Morgan fingerprint density at radius 3 is 1.78 bits per heavy atom. The van der Waals surface area contributed by atoms with E-state index in [0.29, 0.717) is 0 Å². The zero-order valence-electron chi connectivity index (χ0n) is 27.6. The van der Waals surface area contributed by atoms with Crippen molar-refractivity contribution in [1.29, 1.82) is 0 Å². The zero-order chi connectivity index (χ0) is 33.2. The molecule has 0 radical (unpaired) electrons. The third-order valence-electron chi connectivity index (χ3n) is 10.2. The second-order valence-corrected chi connectivity index (χ2v) is 12.9. The summed E-state index contributed by atoms with van der Waals surface area (Å²) in [5.74, 6) is 1.06. The standard InChI is InChI=1S/C47H32N2O/c1-2-44-48-39-21-9-11-23-41(39)49(44)40-22-10-7-14-32(40)30-26-28-31(29-27-30)45-33-15-3-5-17-35(33)46(36-18-6-4-16-34(36)45)38-20-13-25-43-47(38)37-19-8-12-24-42(37)50-43/h3-29H,2H2,1H3. The van der Waals surface area contributed by atoms with Crippen molar-refractivity contribution < 1.29 is 4.42 Å². The molecule has 0 amide bonds. The number of aryl methyl sites for hydroxylation is 1. The van der Waals surface area contributed by atoms with E-state index in [4.69, 9.17) is 9.40 Å². The number of furan rings is 1. The van der Waals surface area contributed by atoms with E-state index in [1.807, 2.05) is 6.07 Å². The van der Waals surface area contributed by atoms with Gasteiger partial charge in [-0.25, -0.2) is 4.98 Å². The van der Waals surface area contributed by atoms with Gasteiger partial charge in [0.05, 0.1) is 16.7 Å². The normalized spacial score (nSPS) is 11.8. The number of benzene rings is 8. The Kier molecular flexibility index (Phi) is 6.47. The van der Waals surface area contributed by atoms with Gasteiger partial charge in [0.2, 0.25) is 0 Å². The van der Waals surface area contributed by atoms with Crippen molar-refractivity contribution in [2.24, 2.45) is 0 Å². The smallest absolute Gasteiger partial charge is 0.136 e. The number of hydrogen-bond acceptors (Lipinski definition) is 2. The molecule has 0 atom stereocenters. The first-order chi connectivity index (χ1) is 24.8. The highest BCUT2D eigenvalue weighted by atomic mass is 16.3. The van der Waals surface area contributed by atoms with E-state index in [9.17, 15) is 0 Å². The van der Waals surface area contributed by atoms with Crippen LogP contribution in [0.15, 0.2) is 168 Å². The van der Waals surface area contributed by atoms with Gasteiger partial charge in [0.15, 0.2) is 0 Å². The van der Waals surface area contributed by atoms with Crippen LogP contribution >= 0.6 is 0 Å². The number of rotatable bonds is 5. The van der Waals surface area contributed by atoms with Crippen LogP contribution < -0.4 is 0 Å². The molecule has 0 saturated heterocycles. The Labute approximate surface area is 289 Å². The second-order valence-electron chi connectivity index (χ2n) is 12.9. The predicted molar refractivity (Wildman–Crippen MR) is 209 cm³/mol. The summed E-state index contributed by atoms with van der Waals surface area (Å²) in [6.45, 7) is 2.17. The van der Waals surface area contributed by atoms with Gasteiger partial charge in [0, 0.05) is 22.8 Å². The fourth-order valence-corrected chi connectivity index (χ4v) is 8.02. The lowest BCUT2D eigenvalue weighted by atomic mass is 9.84. The first-order valence-corrected chi connectivity index (χ1v) is 17.3. The molecule has 2 aromatic heterocycles. The van der Waals surface area contributed by atoms with E-state index in [2.05, 4.69) is 169 Å². The van der Waals surface area contributed by atoms with Crippen LogP contribution in [0.4, 0.5) is 0 Å². The van der Waals surface area contributed by atoms with Gasteiger partial charge in [0.1, 0.15) is 17.0 Å². The molecule has 236 valence electrons. The third-order valence-corrected chi connectivity index (χ3v) is 10.2. The van der Waals surface area contributed by atoms with Crippen LogP contribution in [0, 0.1) is 0 Å². The highest BCUT2D eigenvalue weighted by Gasteiger charge is 2.20. The molecule has 0 aliphatic rings. The quantitative estimate of drug-likeness (QED) is 0.175. The van der Waals surface area contributed by atoms with Crippen LogP contribution in [0.2, 0.25) is 0 Å². The van der Waals surface area contributed by atoms with E-state index in [1.54, 1.807) is 0 Å². The summed E-state index contributed by atoms with van der Waals surface area (Å²) in [5.41, 5.74) is 12.3. The van der Waals surface area contributed by atoms with Gasteiger partial charge in [-0.2, -0.15) is 0 Å². The Balaban J connectivity index is 1.18. The summed E-state index contributed by atoms with van der Waals surface area (Å²) in [7, 11) is 0. The Morgan fingerprint density at radius 2 is 1.04 bits per heavy atom. The molecule has 10 rings (SSSR count). The van der Waals surface area contributed by atoms with Crippen molar-refractivity contribution in [2.75, 3.05) is 0 Å². The Hall–Kier alpha value is -6.45. The number of fused-ring (bicyclic) bond motifs is 6. The van der Waals surface area contributed by atoms with Crippen molar-refractivity contribution in [3.63, 3.8) is 0 Å². The predicted octanol–water partition coefficient (Wildman–Crippen LogP) is 12.8. The zero-order valence-corrected chi connectivity index (χ0v) is 27.6. The average Bonchev–Trinajstić information content (AvgIpc) is 3.76. The largest absolute Gasteiger partial charge is 0.456 e. The van der Waals surface area contributed by atoms with Crippen molar-refractivity contribution in [3.8, 4) is 39.1 Å². The van der Waals surface area contributed by atoms with Gasteiger partial charge in [0.25, 0.3) is 0 Å². The summed E-state index contributed by atoms with van der Waals surface area (Å²) < 4.78 is 8.66. The molecular weight excluding hydrogens is 609 g/mol. The lowest BCUT2D eigenvalue weighted by molar-refractivity contribution is 0.669. The molecule has 0 N–H and O–H groups in total. The number of nitrogens with zero attached hydrogens (tertiary/aromatic N) is 2. The molecule has 3 nitrogen and oxygen atoms in total. The Bertz CT molecular complexity index is 2850. The number of imidazole rings is 1. The fourth-order valence-electron chi connectivity index (χ4n) is 8.02. The molecule has 0 saturated carbocycles. The first kappa shape index (κ1) is 28.6. The van der Waals surface area contributed by atoms with Crippen LogP contribution in [-0.4, -0.2) is 9.55 Å². The van der Waals surface area contributed by atoms with Gasteiger partial charge >= 0.3 is 0 Å². The van der Waals surface area contributed by atoms with Gasteiger partial charge in [-0.15, -0.1) is 0 Å². The SMILES string of the molecule is CCc1nc2ccccc2n1-c1ccccc1-c1ccc(-c2c3ccccc3c(-c3cccc4oc5ccccc5c34)c3ccccc23)cc1. The average molecular weight is 641 g/mol. The van der Waals surface area contributed by atoms with Gasteiger partial charge in [-0.3, -0.25) is 4.57 Å². The fraction of sp³-hybridized carbons (Fsp3) is 0.0426. The second kappa shape index (κ2) is 11.3. The van der Waals surface area contributed by atoms with E-state index in [-0.39, 0.29) is 0 Å². The topological polar surface area (TPSA) is 31.0 Å². The molecular formula is C47H32N2O. The lowest BCUT2D eigenvalue weighted by Crippen LogP contribution is -2.02. The summed E-state index contributed by atoms with van der Waals surface area (Å²) in [6.07, 6.45) is 0.851. The molecule has 0 aliphatic carbocycles. The summed E-state index contributed by atoms with van der Waals surface area (Å²) >= 11 is 0. The molecule has 3 heteroatoms. The summed E-state index contributed by atoms with van der Waals surface area (Å²) in [6, 6.07) is 58.7. The number of hydrogen-bond donors (Lipinski definition) is 0. The van der Waals surface area contributed by atoms with Crippen LogP contribution in [0.3, 0.4) is 0 Å². The molecule has 10 aromatic rings. The third kappa shape index (κ3) is 4.27. The minimum absolute atomic E-state index is 0.851. The first-order valence-electron chi connectivity index (χ1n) is 17.3. The van der Waals surface area contributed by atoms with E-state index < -0.39 is 0 Å². The van der Waals surface area contributed by atoms with Gasteiger partial charge in [-0.1, -0.05) is 140 Å². The van der Waals surface area contributed by atoms with Crippen LogP contribution in [-0.2, 0) is 6.42 Å². The van der Waals surface area contributed by atoms with Crippen LogP contribution in [0.5, 0.6) is 0 Å². The summed E-state index contributed by atoms with van der Waals surface area (Å²) in [5, 5.41) is 7.22. The van der Waals surface area contributed by atoms with Crippen molar-refractivity contribution in [1.82, 2.24) is 9.55 Å². The van der Waals surface area contributed by atoms with Crippen LogP contribution in [0.1, 0.15) is 12.7 Å². The maximum Gasteiger partial charge on any atom is 0.136 e. The molecule has 2 heterocycles. The van der Waals surface area contributed by atoms with Crippen molar-refractivity contribution >= 4 is 54.5 Å². The van der Waals surface area contributed by atoms with E-state index >= 15 is 0 Å². The number of para-hydroxylation sites is 4. The van der Waals surface area contributed by atoms with Crippen molar-refractivity contribution in [2.45, 2.75) is 13.3 Å². The monoisotopic (exact) mass is 640 g/mol. The highest BCUT2D eigenvalue weighted by molar-refractivity contribution is 6.25. The summed E-state index contributed by atoms with van der Waals surface area (Å²) in [4.78, 5) is 4.97. The molecule has 0 unspecified atom stereocenters. The lowest BCUT2D eigenvalue weighted by Gasteiger charge is -2.19. The molecule has 0 spiro atoms. The highest BCUT2D eigenvalue weighted by Crippen LogP contribution is 2.47. The number of aromatic nitrogens is 2. The van der Waals surface area contributed by atoms with Gasteiger partial charge < -0.3 is 4.42 Å². The van der Waals surface area contributed by atoms with Gasteiger partial charge in [-0.05, 0) is 79.7 Å². The molecule has 50 heavy (non-hydrogen) atoms. The Morgan fingerprint density at radius 1 is 0.480 bits per heavy atom. The van der Waals surface area contributed by atoms with E-state index in [0.717, 1.165) is 50.9 Å². The molecule has 8 aromatic carbocycles. The maximum absolute atomic E-state index is 6.34. The van der Waals surface area contributed by atoms with E-state index in [1.165, 1.54) is 54.9 Å². The van der Waals surface area contributed by atoms with Crippen LogP contribution in [0.25, 0.3) is 93.6 Å². The molecule has 0 fully saturated rings. The minimum Gasteiger partial charge on any atom is -0.456 e. The molecule has 0 bridgehead atoms. The minimum atomic E-state index is 0.851. The maximum atomic E-state index is 6.34. The molecule has 0 aliphatic heterocycles.